The van der Waals surface area contributed by atoms with Gasteiger partial charge in [-0.15, -0.1) is 0 Å². The molecule has 5 heteroatoms. The topological polar surface area (TPSA) is 85.2 Å². The first-order valence-electron chi connectivity index (χ1n) is 6.42. The highest BCUT2D eigenvalue weighted by atomic mass is 16.5. The minimum atomic E-state index is -0.217. The number of aromatic nitrogens is 2. The van der Waals surface area contributed by atoms with Crippen LogP contribution in [0.5, 0.6) is 5.75 Å². The molecule has 0 saturated heterocycles. The van der Waals surface area contributed by atoms with Gasteiger partial charge in [0.25, 0.3) is 0 Å². The zero-order chi connectivity index (χ0) is 14.0. The number of rotatable bonds is 4. The Kier molecular flexibility index (Phi) is 3.85. The minimum Gasteiger partial charge on any atom is -0.507 e. The van der Waals surface area contributed by atoms with Crippen LogP contribution in [0.15, 0.2) is 16.7 Å². The summed E-state index contributed by atoms with van der Waals surface area (Å²) in [6.45, 7) is 5.75. The lowest BCUT2D eigenvalue weighted by atomic mass is 10.1. The van der Waals surface area contributed by atoms with E-state index in [-0.39, 0.29) is 6.04 Å². The predicted molar refractivity (Wildman–Crippen MR) is 72.7 cm³/mol. The van der Waals surface area contributed by atoms with Crippen molar-refractivity contribution in [3.8, 4) is 17.1 Å². The molecule has 1 heterocycles. The molecule has 1 aromatic heterocycles. The first-order chi connectivity index (χ1) is 9.02. The molecule has 3 N–H and O–H groups in total. The fraction of sp³-hybridized carbons (Fsp3) is 0.429. The summed E-state index contributed by atoms with van der Waals surface area (Å²) in [5.41, 5.74) is 8.35. The average molecular weight is 261 g/mol. The Labute approximate surface area is 112 Å². The lowest BCUT2D eigenvalue weighted by Gasteiger charge is -2.05. The zero-order valence-electron chi connectivity index (χ0n) is 11.5. The van der Waals surface area contributed by atoms with Crippen molar-refractivity contribution in [2.24, 2.45) is 5.73 Å². The van der Waals surface area contributed by atoms with E-state index in [1.807, 2.05) is 26.0 Å². The van der Waals surface area contributed by atoms with Crippen molar-refractivity contribution in [3.63, 3.8) is 0 Å². The predicted octanol–water partition coefficient (Wildman–Crippen LogP) is 2.86. The zero-order valence-corrected chi connectivity index (χ0v) is 11.5. The first-order valence-corrected chi connectivity index (χ1v) is 6.42. The third-order valence-electron chi connectivity index (χ3n) is 3.11. The second-order valence-corrected chi connectivity index (χ2v) is 4.81. The third-order valence-corrected chi connectivity index (χ3v) is 3.11. The Morgan fingerprint density at radius 3 is 2.53 bits per heavy atom. The molecule has 0 fully saturated rings. The van der Waals surface area contributed by atoms with E-state index in [4.69, 9.17) is 10.3 Å². The second-order valence-electron chi connectivity index (χ2n) is 4.81. The van der Waals surface area contributed by atoms with E-state index in [0.717, 1.165) is 29.5 Å². The van der Waals surface area contributed by atoms with Crippen LogP contribution in [0.1, 0.15) is 42.8 Å². The van der Waals surface area contributed by atoms with Crippen LogP contribution in [-0.4, -0.2) is 15.2 Å². The molecule has 0 aliphatic rings. The summed E-state index contributed by atoms with van der Waals surface area (Å²) in [7, 11) is 0. The Balaban J connectivity index is 2.33. The van der Waals surface area contributed by atoms with Gasteiger partial charge >= 0.3 is 0 Å². The average Bonchev–Trinajstić information content (AvgIpc) is 2.85. The van der Waals surface area contributed by atoms with Crippen LogP contribution in [0.25, 0.3) is 11.4 Å². The van der Waals surface area contributed by atoms with Crippen molar-refractivity contribution < 1.29 is 9.63 Å². The summed E-state index contributed by atoms with van der Waals surface area (Å²) in [6, 6.07) is 3.45. The van der Waals surface area contributed by atoms with Crippen molar-refractivity contribution in [2.75, 3.05) is 0 Å². The molecule has 0 radical (unpaired) electrons. The summed E-state index contributed by atoms with van der Waals surface area (Å²) in [5, 5.41) is 13.7. The number of hydrogen-bond acceptors (Lipinski definition) is 5. The van der Waals surface area contributed by atoms with Crippen molar-refractivity contribution in [1.29, 1.82) is 0 Å². The molecule has 1 atom stereocenters. The maximum atomic E-state index is 9.76. The fourth-order valence-corrected chi connectivity index (χ4v) is 2.02. The highest BCUT2D eigenvalue weighted by molar-refractivity contribution is 5.60. The van der Waals surface area contributed by atoms with Gasteiger partial charge in [0, 0.05) is 5.56 Å². The van der Waals surface area contributed by atoms with Crippen molar-refractivity contribution in [2.45, 2.75) is 39.7 Å². The van der Waals surface area contributed by atoms with E-state index < -0.39 is 0 Å². The molecule has 0 unspecified atom stereocenters. The molecule has 2 rings (SSSR count). The first kappa shape index (κ1) is 13.5. The van der Waals surface area contributed by atoms with Crippen molar-refractivity contribution in [1.82, 2.24) is 10.1 Å². The van der Waals surface area contributed by atoms with Crippen LogP contribution in [0.2, 0.25) is 0 Å². The summed E-state index contributed by atoms with van der Waals surface area (Å²) in [5.74, 6) is 1.27. The molecule has 0 amide bonds. The van der Waals surface area contributed by atoms with Gasteiger partial charge in [-0.1, -0.05) is 18.5 Å². The maximum Gasteiger partial charge on any atom is 0.243 e. The quantitative estimate of drug-likeness (QED) is 0.883. The number of hydrogen-bond donors (Lipinski definition) is 2. The van der Waals surface area contributed by atoms with Gasteiger partial charge in [-0.2, -0.15) is 4.98 Å². The van der Waals surface area contributed by atoms with Crippen molar-refractivity contribution in [3.05, 3.63) is 29.2 Å². The maximum absolute atomic E-state index is 9.76. The molecule has 2 aromatic rings. The van der Waals surface area contributed by atoms with E-state index in [9.17, 15) is 5.11 Å². The van der Waals surface area contributed by atoms with Gasteiger partial charge < -0.3 is 15.4 Å². The lowest BCUT2D eigenvalue weighted by Crippen LogP contribution is -2.09. The van der Waals surface area contributed by atoms with E-state index in [2.05, 4.69) is 17.1 Å². The number of nitrogens with two attached hydrogens (primary N) is 1. The highest BCUT2D eigenvalue weighted by Gasteiger charge is 2.16. The second kappa shape index (κ2) is 5.40. The van der Waals surface area contributed by atoms with E-state index >= 15 is 0 Å². The molecule has 0 saturated carbocycles. The summed E-state index contributed by atoms with van der Waals surface area (Å²) >= 11 is 0. The molecule has 102 valence electrons. The number of phenolic OH excluding ortho intramolecular Hbond substituents is 1. The summed E-state index contributed by atoms with van der Waals surface area (Å²) < 4.78 is 5.19. The minimum absolute atomic E-state index is 0.217. The molecule has 0 aliphatic carbocycles. The summed E-state index contributed by atoms with van der Waals surface area (Å²) in [4.78, 5) is 4.33. The van der Waals surface area contributed by atoms with Gasteiger partial charge in [0.1, 0.15) is 5.75 Å². The van der Waals surface area contributed by atoms with Crippen LogP contribution in [0.4, 0.5) is 0 Å². The smallest absolute Gasteiger partial charge is 0.243 e. The van der Waals surface area contributed by atoms with Crippen molar-refractivity contribution >= 4 is 0 Å². The van der Waals surface area contributed by atoms with E-state index in [1.54, 1.807) is 0 Å². The van der Waals surface area contributed by atoms with Gasteiger partial charge in [-0.25, -0.2) is 0 Å². The molecular weight excluding hydrogens is 242 g/mol. The van der Waals surface area contributed by atoms with Crippen LogP contribution >= 0.6 is 0 Å². The van der Waals surface area contributed by atoms with E-state index in [0.29, 0.717) is 17.5 Å². The molecule has 5 nitrogen and oxygen atoms in total. The monoisotopic (exact) mass is 261 g/mol. The molecule has 0 aliphatic heterocycles. The van der Waals surface area contributed by atoms with Gasteiger partial charge in [0.2, 0.25) is 11.7 Å². The Bertz CT molecular complexity index is 555. The Hall–Kier alpha value is -1.88. The van der Waals surface area contributed by atoms with E-state index in [1.165, 1.54) is 0 Å². The lowest BCUT2D eigenvalue weighted by molar-refractivity contribution is 0.348. The molecule has 0 spiro atoms. The molecular formula is C14H19N3O2. The largest absolute Gasteiger partial charge is 0.507 e. The molecule has 0 bridgehead atoms. The number of aryl methyl sites for hydroxylation is 2. The SMILES string of the molecule is CCC[C@@H](N)c1nc(-c2cc(C)c(O)c(C)c2)no1. The normalized spacial score (nSPS) is 12.6. The molecule has 1 aromatic carbocycles. The fourth-order valence-electron chi connectivity index (χ4n) is 2.02. The molecule has 19 heavy (non-hydrogen) atoms. The van der Waals surface area contributed by atoms with Gasteiger partial charge in [0.05, 0.1) is 6.04 Å². The number of benzene rings is 1. The number of phenols is 1. The summed E-state index contributed by atoms with van der Waals surface area (Å²) in [6.07, 6.45) is 1.78. The Morgan fingerprint density at radius 2 is 1.95 bits per heavy atom. The standard InChI is InChI=1S/C14H19N3O2/c1-4-5-11(15)14-16-13(17-19-14)10-6-8(2)12(18)9(3)7-10/h6-7,11,18H,4-5,15H2,1-3H3/t11-/m1/s1. The number of nitrogens with zero attached hydrogens (tertiary/aromatic N) is 2. The third kappa shape index (κ3) is 2.76. The van der Waals surface area contributed by atoms with Crippen LogP contribution in [0.3, 0.4) is 0 Å². The van der Waals surface area contributed by atoms with Crippen LogP contribution < -0.4 is 5.73 Å². The van der Waals surface area contributed by atoms with Crippen LogP contribution in [0, 0.1) is 13.8 Å². The highest BCUT2D eigenvalue weighted by Crippen LogP contribution is 2.28. The van der Waals surface area contributed by atoms with Gasteiger partial charge in [0.15, 0.2) is 0 Å². The number of aromatic hydroxyl groups is 1. The Morgan fingerprint density at radius 1 is 1.32 bits per heavy atom. The van der Waals surface area contributed by atoms with Crippen LogP contribution in [-0.2, 0) is 0 Å². The van der Waals surface area contributed by atoms with Gasteiger partial charge in [-0.05, 0) is 43.5 Å². The van der Waals surface area contributed by atoms with Gasteiger partial charge in [-0.3, -0.25) is 0 Å².